The zero-order chi connectivity index (χ0) is 15.8. The molecule has 2 amide bonds. The molecule has 0 unspecified atom stereocenters. The predicted octanol–water partition coefficient (Wildman–Crippen LogP) is 2.14. The number of amides is 2. The molecule has 0 aliphatic heterocycles. The van der Waals surface area contributed by atoms with Gasteiger partial charge >= 0.3 is 0 Å². The van der Waals surface area contributed by atoms with Gasteiger partial charge in [0.2, 0.25) is 5.91 Å². The summed E-state index contributed by atoms with van der Waals surface area (Å²) in [4.78, 5) is 25.5. The van der Waals surface area contributed by atoms with Crippen molar-refractivity contribution in [3.8, 4) is 0 Å². The molecular formula is C15H18F2N2O2. The lowest BCUT2D eigenvalue weighted by atomic mass is 9.93. The van der Waals surface area contributed by atoms with Gasteiger partial charge in [0.05, 0.1) is 5.56 Å². The van der Waals surface area contributed by atoms with E-state index in [4.69, 9.17) is 5.73 Å². The van der Waals surface area contributed by atoms with Crippen LogP contribution in [0.3, 0.4) is 0 Å². The Kier molecular flexibility index (Phi) is 3.98. The number of hydrogen-bond donors (Lipinski definition) is 1. The molecule has 6 heteroatoms. The minimum absolute atomic E-state index is 0.174. The van der Waals surface area contributed by atoms with Crippen LogP contribution in [-0.4, -0.2) is 29.3 Å². The molecule has 1 saturated carbocycles. The molecule has 1 fully saturated rings. The van der Waals surface area contributed by atoms with E-state index in [0.717, 1.165) is 18.9 Å². The van der Waals surface area contributed by atoms with E-state index in [1.807, 2.05) is 0 Å². The fourth-order valence-corrected chi connectivity index (χ4v) is 2.90. The van der Waals surface area contributed by atoms with Gasteiger partial charge in [0, 0.05) is 13.1 Å². The number of nitrogens with zero attached hydrogens (tertiary/aromatic N) is 1. The van der Waals surface area contributed by atoms with Crippen LogP contribution in [0, 0.1) is 18.6 Å². The zero-order valence-electron chi connectivity index (χ0n) is 12.1. The fourth-order valence-electron chi connectivity index (χ4n) is 2.90. The van der Waals surface area contributed by atoms with E-state index in [2.05, 4.69) is 0 Å². The molecule has 1 aromatic rings. The Morgan fingerprint density at radius 3 is 2.29 bits per heavy atom. The van der Waals surface area contributed by atoms with Gasteiger partial charge in [0.25, 0.3) is 5.91 Å². The first-order valence-electron chi connectivity index (χ1n) is 6.83. The molecule has 0 radical (unpaired) electrons. The second kappa shape index (κ2) is 5.42. The second-order valence-corrected chi connectivity index (χ2v) is 5.55. The van der Waals surface area contributed by atoms with Gasteiger partial charge in [-0.1, -0.05) is 12.8 Å². The molecule has 0 heterocycles. The van der Waals surface area contributed by atoms with E-state index in [-0.39, 0.29) is 11.1 Å². The molecule has 114 valence electrons. The van der Waals surface area contributed by atoms with Crippen molar-refractivity contribution in [3.63, 3.8) is 0 Å². The van der Waals surface area contributed by atoms with Gasteiger partial charge in [-0.2, -0.15) is 0 Å². The van der Waals surface area contributed by atoms with E-state index in [1.54, 1.807) is 0 Å². The van der Waals surface area contributed by atoms with Crippen LogP contribution in [-0.2, 0) is 4.79 Å². The minimum atomic E-state index is -1.08. The first-order valence-corrected chi connectivity index (χ1v) is 6.83. The zero-order valence-corrected chi connectivity index (χ0v) is 12.1. The minimum Gasteiger partial charge on any atom is -0.368 e. The van der Waals surface area contributed by atoms with Gasteiger partial charge in [-0.3, -0.25) is 9.59 Å². The first kappa shape index (κ1) is 15.4. The van der Waals surface area contributed by atoms with Crippen LogP contribution in [0.25, 0.3) is 0 Å². The summed E-state index contributed by atoms with van der Waals surface area (Å²) in [6.45, 7) is 1.45. The van der Waals surface area contributed by atoms with Gasteiger partial charge in [-0.05, 0) is 31.4 Å². The predicted molar refractivity (Wildman–Crippen MR) is 73.6 cm³/mol. The number of carbonyl (C=O) groups is 2. The normalized spacial score (nSPS) is 16.8. The lowest BCUT2D eigenvalue weighted by Crippen LogP contribution is -2.56. The maximum atomic E-state index is 13.9. The lowest BCUT2D eigenvalue weighted by Gasteiger charge is -2.36. The number of hydrogen-bond acceptors (Lipinski definition) is 2. The largest absolute Gasteiger partial charge is 0.368 e. The molecule has 1 aromatic carbocycles. The van der Waals surface area contributed by atoms with Crippen molar-refractivity contribution in [3.05, 3.63) is 34.9 Å². The van der Waals surface area contributed by atoms with Crippen LogP contribution < -0.4 is 5.73 Å². The molecule has 2 rings (SSSR count). The highest BCUT2D eigenvalue weighted by Crippen LogP contribution is 2.35. The highest BCUT2D eigenvalue weighted by atomic mass is 19.1. The van der Waals surface area contributed by atoms with Gasteiger partial charge in [0.1, 0.15) is 17.2 Å². The van der Waals surface area contributed by atoms with Crippen LogP contribution in [0.15, 0.2) is 12.1 Å². The van der Waals surface area contributed by atoms with Crippen molar-refractivity contribution in [1.29, 1.82) is 0 Å². The molecule has 0 aromatic heterocycles. The monoisotopic (exact) mass is 296 g/mol. The van der Waals surface area contributed by atoms with E-state index in [1.165, 1.54) is 18.9 Å². The van der Waals surface area contributed by atoms with Crippen LogP contribution in [0.2, 0.25) is 0 Å². The van der Waals surface area contributed by atoms with Gasteiger partial charge < -0.3 is 10.6 Å². The molecule has 1 aliphatic carbocycles. The van der Waals surface area contributed by atoms with E-state index in [9.17, 15) is 18.4 Å². The number of rotatable bonds is 3. The topological polar surface area (TPSA) is 63.4 Å². The number of halogens is 2. The summed E-state index contributed by atoms with van der Waals surface area (Å²) < 4.78 is 27.1. The van der Waals surface area contributed by atoms with E-state index >= 15 is 0 Å². The molecule has 0 saturated heterocycles. The van der Waals surface area contributed by atoms with Crippen LogP contribution >= 0.6 is 0 Å². The molecule has 1 aliphatic rings. The SMILES string of the molecule is Cc1cc(C(=O)N(C)C2(C(N)=O)CCCC2)c(F)cc1F. The molecule has 2 N–H and O–H groups in total. The Morgan fingerprint density at radius 2 is 1.76 bits per heavy atom. The average Bonchev–Trinajstić information content (AvgIpc) is 2.92. The van der Waals surface area contributed by atoms with Gasteiger partial charge in [-0.15, -0.1) is 0 Å². The molecule has 0 atom stereocenters. The molecule has 21 heavy (non-hydrogen) atoms. The maximum Gasteiger partial charge on any atom is 0.257 e. The fraction of sp³-hybridized carbons (Fsp3) is 0.467. The Labute approximate surface area is 121 Å². The van der Waals surface area contributed by atoms with Crippen molar-refractivity contribution in [1.82, 2.24) is 4.90 Å². The van der Waals surface area contributed by atoms with E-state index in [0.29, 0.717) is 18.9 Å². The van der Waals surface area contributed by atoms with Crippen molar-refractivity contribution in [2.45, 2.75) is 38.1 Å². The maximum absolute atomic E-state index is 13.9. The van der Waals surface area contributed by atoms with Crippen LogP contribution in [0.1, 0.15) is 41.6 Å². The highest BCUT2D eigenvalue weighted by molar-refractivity contribution is 5.99. The number of benzene rings is 1. The molecular weight excluding hydrogens is 278 g/mol. The van der Waals surface area contributed by atoms with Crippen molar-refractivity contribution < 1.29 is 18.4 Å². The average molecular weight is 296 g/mol. The van der Waals surface area contributed by atoms with Crippen molar-refractivity contribution in [2.75, 3.05) is 7.05 Å². The lowest BCUT2D eigenvalue weighted by molar-refractivity contribution is -0.127. The van der Waals surface area contributed by atoms with E-state index < -0.39 is 29.0 Å². The van der Waals surface area contributed by atoms with Crippen LogP contribution in [0.4, 0.5) is 8.78 Å². The highest BCUT2D eigenvalue weighted by Gasteiger charge is 2.45. The summed E-state index contributed by atoms with van der Waals surface area (Å²) in [5.41, 5.74) is 4.30. The Bertz CT molecular complexity index is 596. The number of carbonyl (C=O) groups excluding carboxylic acids is 2. The third kappa shape index (κ3) is 2.50. The molecule has 4 nitrogen and oxygen atoms in total. The van der Waals surface area contributed by atoms with Crippen molar-refractivity contribution >= 4 is 11.8 Å². The Hall–Kier alpha value is -1.98. The number of likely N-dealkylation sites (N-methyl/N-ethyl adjacent to an activating group) is 1. The summed E-state index contributed by atoms with van der Waals surface area (Å²) in [7, 11) is 1.44. The molecule has 0 bridgehead atoms. The Balaban J connectivity index is 2.39. The van der Waals surface area contributed by atoms with Gasteiger partial charge in [0.15, 0.2) is 0 Å². The third-order valence-corrected chi connectivity index (χ3v) is 4.31. The van der Waals surface area contributed by atoms with Crippen molar-refractivity contribution in [2.24, 2.45) is 5.73 Å². The Morgan fingerprint density at radius 1 is 1.19 bits per heavy atom. The standard InChI is InChI=1S/C15H18F2N2O2/c1-9-7-10(12(17)8-11(9)16)13(20)19(2)15(14(18)21)5-3-4-6-15/h7-8H,3-6H2,1-2H3,(H2,18,21). The summed E-state index contributed by atoms with van der Waals surface area (Å²) >= 11 is 0. The summed E-state index contributed by atoms with van der Waals surface area (Å²) in [5, 5.41) is 0. The van der Waals surface area contributed by atoms with Crippen LogP contribution in [0.5, 0.6) is 0 Å². The third-order valence-electron chi connectivity index (χ3n) is 4.31. The summed E-state index contributed by atoms with van der Waals surface area (Å²) in [6, 6.07) is 1.84. The first-order chi connectivity index (χ1) is 9.79. The number of primary amides is 1. The molecule has 0 spiro atoms. The summed E-state index contributed by atoms with van der Waals surface area (Å²) in [5.74, 6) is -2.89. The quantitative estimate of drug-likeness (QED) is 0.929. The second-order valence-electron chi connectivity index (χ2n) is 5.55. The number of aryl methyl sites for hydroxylation is 1. The number of nitrogens with two attached hydrogens (primary N) is 1. The van der Waals surface area contributed by atoms with Gasteiger partial charge in [-0.25, -0.2) is 8.78 Å². The summed E-state index contributed by atoms with van der Waals surface area (Å²) in [6.07, 6.45) is 2.50. The smallest absolute Gasteiger partial charge is 0.257 e.